The third-order valence-electron chi connectivity index (χ3n) is 3.65. The number of carbonyl (C=O) groups is 2. The van der Waals surface area contributed by atoms with Crippen LogP contribution in [0.25, 0.3) is 10.9 Å². The SMILES string of the molecule is CC(C)(C)OC(=O)Nc1ccc(NC(=O)c2ccc3ncccc3c2)cc1. The Balaban J connectivity index is 1.65. The summed E-state index contributed by atoms with van der Waals surface area (Å²) in [4.78, 5) is 28.5. The zero-order valence-corrected chi connectivity index (χ0v) is 15.4. The molecule has 3 rings (SSSR count). The summed E-state index contributed by atoms with van der Waals surface area (Å²) in [7, 11) is 0. The first-order chi connectivity index (χ1) is 12.8. The van der Waals surface area contributed by atoms with Crippen molar-refractivity contribution in [2.45, 2.75) is 26.4 Å². The van der Waals surface area contributed by atoms with Gasteiger partial charge in [-0.1, -0.05) is 6.07 Å². The lowest BCUT2D eigenvalue weighted by Gasteiger charge is -2.19. The number of benzene rings is 2. The molecule has 6 nitrogen and oxygen atoms in total. The van der Waals surface area contributed by atoms with Crippen LogP contribution in [0.5, 0.6) is 0 Å². The molecule has 0 aliphatic carbocycles. The minimum absolute atomic E-state index is 0.214. The quantitative estimate of drug-likeness (QED) is 0.698. The van der Waals surface area contributed by atoms with Crippen molar-refractivity contribution >= 4 is 34.3 Å². The van der Waals surface area contributed by atoms with Gasteiger partial charge in [-0.15, -0.1) is 0 Å². The molecule has 138 valence electrons. The summed E-state index contributed by atoms with van der Waals surface area (Å²) >= 11 is 0. The van der Waals surface area contributed by atoms with Crippen LogP contribution in [-0.2, 0) is 4.74 Å². The Morgan fingerprint density at radius 1 is 0.926 bits per heavy atom. The van der Waals surface area contributed by atoms with E-state index < -0.39 is 11.7 Å². The number of carbonyl (C=O) groups excluding carboxylic acids is 2. The molecule has 2 N–H and O–H groups in total. The van der Waals surface area contributed by atoms with Crippen LogP contribution in [0, 0.1) is 0 Å². The number of hydrogen-bond donors (Lipinski definition) is 2. The van der Waals surface area contributed by atoms with Crippen LogP contribution in [0.4, 0.5) is 16.2 Å². The number of pyridine rings is 1. The second-order valence-corrected chi connectivity index (χ2v) is 7.07. The van der Waals surface area contributed by atoms with Crippen LogP contribution >= 0.6 is 0 Å². The second kappa shape index (κ2) is 7.45. The number of aromatic nitrogens is 1. The number of fused-ring (bicyclic) bond motifs is 1. The van der Waals surface area contributed by atoms with E-state index in [4.69, 9.17) is 4.74 Å². The molecule has 1 aromatic heterocycles. The molecule has 2 amide bonds. The predicted molar refractivity (Wildman–Crippen MR) is 106 cm³/mol. The molecule has 6 heteroatoms. The Hall–Kier alpha value is -3.41. The number of nitrogens with one attached hydrogen (secondary N) is 2. The number of hydrogen-bond acceptors (Lipinski definition) is 4. The molecule has 3 aromatic rings. The van der Waals surface area contributed by atoms with Gasteiger partial charge in [0, 0.05) is 28.5 Å². The fourth-order valence-electron chi connectivity index (χ4n) is 2.48. The maximum Gasteiger partial charge on any atom is 0.412 e. The average molecular weight is 363 g/mol. The molecule has 1 heterocycles. The molecule has 0 radical (unpaired) electrons. The van der Waals surface area contributed by atoms with E-state index in [9.17, 15) is 9.59 Å². The van der Waals surface area contributed by atoms with E-state index in [2.05, 4.69) is 15.6 Å². The summed E-state index contributed by atoms with van der Waals surface area (Å²) in [6, 6.07) is 15.9. The van der Waals surface area contributed by atoms with Crippen molar-refractivity contribution in [3.63, 3.8) is 0 Å². The zero-order valence-electron chi connectivity index (χ0n) is 15.4. The average Bonchev–Trinajstić information content (AvgIpc) is 2.61. The summed E-state index contributed by atoms with van der Waals surface area (Å²) in [5.74, 6) is -0.214. The molecule has 2 aromatic carbocycles. The largest absolute Gasteiger partial charge is 0.444 e. The van der Waals surface area contributed by atoms with Gasteiger partial charge < -0.3 is 10.1 Å². The van der Waals surface area contributed by atoms with Crippen LogP contribution in [0.3, 0.4) is 0 Å². The number of nitrogens with zero attached hydrogens (tertiary/aromatic N) is 1. The first kappa shape index (κ1) is 18.4. The van der Waals surface area contributed by atoms with Gasteiger partial charge in [0.05, 0.1) is 5.52 Å². The highest BCUT2D eigenvalue weighted by Crippen LogP contribution is 2.18. The monoisotopic (exact) mass is 363 g/mol. The van der Waals surface area contributed by atoms with Gasteiger partial charge in [-0.25, -0.2) is 4.79 Å². The van der Waals surface area contributed by atoms with Gasteiger partial charge in [0.2, 0.25) is 0 Å². The van der Waals surface area contributed by atoms with Gasteiger partial charge in [0.15, 0.2) is 0 Å². The van der Waals surface area contributed by atoms with Crippen molar-refractivity contribution in [3.05, 3.63) is 66.4 Å². The van der Waals surface area contributed by atoms with E-state index in [0.717, 1.165) is 10.9 Å². The van der Waals surface area contributed by atoms with Crippen molar-refractivity contribution < 1.29 is 14.3 Å². The standard InChI is InChI=1S/C21H21N3O3/c1-21(2,3)27-20(26)24-17-9-7-16(8-10-17)23-19(25)15-6-11-18-14(13-15)5-4-12-22-18/h4-13H,1-3H3,(H,23,25)(H,24,26). The van der Waals surface area contributed by atoms with Gasteiger partial charge in [-0.2, -0.15) is 0 Å². The van der Waals surface area contributed by atoms with Gasteiger partial charge in [-0.05, 0) is 69.3 Å². The molecular weight excluding hydrogens is 342 g/mol. The molecule has 0 saturated carbocycles. The number of ether oxygens (including phenoxy) is 1. The van der Waals surface area contributed by atoms with E-state index in [1.807, 2.05) is 18.2 Å². The summed E-state index contributed by atoms with van der Waals surface area (Å²) in [5, 5.41) is 6.39. The summed E-state index contributed by atoms with van der Waals surface area (Å²) in [6.07, 6.45) is 1.19. The smallest absolute Gasteiger partial charge is 0.412 e. The van der Waals surface area contributed by atoms with Crippen LogP contribution in [0.15, 0.2) is 60.8 Å². The Morgan fingerprint density at radius 3 is 2.26 bits per heavy atom. The fraction of sp³-hybridized carbons (Fsp3) is 0.190. The fourth-order valence-corrected chi connectivity index (χ4v) is 2.48. The van der Waals surface area contributed by atoms with Crippen molar-refractivity contribution in [2.75, 3.05) is 10.6 Å². The van der Waals surface area contributed by atoms with Crippen LogP contribution < -0.4 is 10.6 Å². The second-order valence-electron chi connectivity index (χ2n) is 7.07. The molecule has 27 heavy (non-hydrogen) atoms. The molecule has 0 saturated heterocycles. The Labute approximate surface area is 157 Å². The third kappa shape index (κ3) is 5.04. The van der Waals surface area contributed by atoms with Gasteiger partial charge in [-0.3, -0.25) is 15.1 Å². The first-order valence-corrected chi connectivity index (χ1v) is 8.56. The molecule has 0 unspecified atom stereocenters. The third-order valence-corrected chi connectivity index (χ3v) is 3.65. The number of amides is 2. The van der Waals surface area contributed by atoms with E-state index >= 15 is 0 Å². The van der Waals surface area contributed by atoms with E-state index in [1.54, 1.807) is 63.4 Å². The molecule has 0 aliphatic heterocycles. The Bertz CT molecular complexity index is 976. The van der Waals surface area contributed by atoms with E-state index in [0.29, 0.717) is 16.9 Å². The molecule has 0 spiro atoms. The summed E-state index contributed by atoms with van der Waals surface area (Å²) in [5.41, 5.74) is 2.03. The molecule has 0 bridgehead atoms. The highest BCUT2D eigenvalue weighted by molar-refractivity contribution is 6.06. The zero-order chi connectivity index (χ0) is 19.4. The normalized spacial score (nSPS) is 11.1. The van der Waals surface area contributed by atoms with Crippen molar-refractivity contribution in [1.29, 1.82) is 0 Å². The molecule has 0 aliphatic rings. The van der Waals surface area contributed by atoms with E-state index in [1.165, 1.54) is 0 Å². The lowest BCUT2D eigenvalue weighted by molar-refractivity contribution is 0.0635. The van der Waals surface area contributed by atoms with Gasteiger partial charge >= 0.3 is 6.09 Å². The molecular formula is C21H21N3O3. The lowest BCUT2D eigenvalue weighted by Crippen LogP contribution is -2.27. The number of rotatable bonds is 3. The topological polar surface area (TPSA) is 80.3 Å². The van der Waals surface area contributed by atoms with Gasteiger partial charge in [0.25, 0.3) is 5.91 Å². The van der Waals surface area contributed by atoms with Crippen LogP contribution in [0.1, 0.15) is 31.1 Å². The van der Waals surface area contributed by atoms with E-state index in [-0.39, 0.29) is 5.91 Å². The molecule has 0 fully saturated rings. The minimum atomic E-state index is -0.562. The summed E-state index contributed by atoms with van der Waals surface area (Å²) in [6.45, 7) is 5.40. The lowest BCUT2D eigenvalue weighted by atomic mass is 10.1. The maximum absolute atomic E-state index is 12.5. The Kier molecular flexibility index (Phi) is 5.07. The van der Waals surface area contributed by atoms with Crippen LogP contribution in [0.2, 0.25) is 0 Å². The number of anilines is 2. The minimum Gasteiger partial charge on any atom is -0.444 e. The molecule has 0 atom stereocenters. The highest BCUT2D eigenvalue weighted by Gasteiger charge is 2.16. The van der Waals surface area contributed by atoms with Crippen molar-refractivity contribution in [2.24, 2.45) is 0 Å². The highest BCUT2D eigenvalue weighted by atomic mass is 16.6. The first-order valence-electron chi connectivity index (χ1n) is 8.56. The van der Waals surface area contributed by atoms with Crippen molar-refractivity contribution in [1.82, 2.24) is 4.98 Å². The van der Waals surface area contributed by atoms with Crippen molar-refractivity contribution in [3.8, 4) is 0 Å². The van der Waals surface area contributed by atoms with Crippen LogP contribution in [-0.4, -0.2) is 22.6 Å². The van der Waals surface area contributed by atoms with Gasteiger partial charge in [0.1, 0.15) is 5.60 Å². The maximum atomic E-state index is 12.5. The summed E-state index contributed by atoms with van der Waals surface area (Å²) < 4.78 is 5.20. The predicted octanol–water partition coefficient (Wildman–Crippen LogP) is 4.83. The Morgan fingerprint density at radius 2 is 1.59 bits per heavy atom.